The molecule has 0 unspecified atom stereocenters. The molecule has 37 heavy (non-hydrogen) atoms. The summed E-state index contributed by atoms with van der Waals surface area (Å²) in [6.07, 6.45) is 5.53. The van der Waals surface area contributed by atoms with E-state index in [2.05, 4.69) is 65.8 Å². The van der Waals surface area contributed by atoms with Gasteiger partial charge < -0.3 is 9.45 Å². The summed E-state index contributed by atoms with van der Waals surface area (Å²) < 4.78 is 37.3. The van der Waals surface area contributed by atoms with Crippen LogP contribution in [-0.2, 0) is 16.7 Å². The summed E-state index contributed by atoms with van der Waals surface area (Å²) in [6.45, 7) is 5.56. The molecule has 1 aliphatic heterocycles. The molecule has 1 aliphatic rings. The second-order valence-corrected chi connectivity index (χ2v) is 12.9. The molecule has 0 N–H and O–H groups in total. The van der Waals surface area contributed by atoms with Crippen molar-refractivity contribution in [3.8, 4) is 0 Å². The summed E-state index contributed by atoms with van der Waals surface area (Å²) in [7, 11) is -4.27. The second-order valence-electron chi connectivity index (χ2n) is 8.85. The Labute approximate surface area is 230 Å². The second kappa shape index (κ2) is 10.8. The Balaban J connectivity index is 1.59. The minimum atomic E-state index is -4.27. The number of halogens is 1. The molecule has 9 heteroatoms. The molecule has 0 spiro atoms. The number of fused-ring (bicyclic) bond motifs is 4. The smallest absolute Gasteiger partial charge is 0.263 e. The van der Waals surface area contributed by atoms with Crippen LogP contribution >= 0.6 is 34.7 Å². The molecule has 0 fully saturated rings. The first-order valence-electron chi connectivity index (χ1n) is 12.2. The molecule has 5 nitrogen and oxygen atoms in total. The van der Waals surface area contributed by atoms with E-state index in [-0.39, 0.29) is 12.2 Å². The minimum absolute atomic E-state index is 0.268. The van der Waals surface area contributed by atoms with Crippen molar-refractivity contribution in [3.63, 3.8) is 0 Å². The molecule has 0 aliphatic carbocycles. The summed E-state index contributed by atoms with van der Waals surface area (Å²) in [5.41, 5.74) is 3.37. The van der Waals surface area contributed by atoms with E-state index in [0.717, 1.165) is 54.7 Å². The molecular weight excluding hydrogens is 544 g/mol. The molecule has 0 saturated carbocycles. The Morgan fingerprint density at radius 3 is 2.70 bits per heavy atom. The Bertz CT molecular complexity index is 1660. The molecule has 5 rings (SSSR count). The maximum Gasteiger partial charge on any atom is 0.263 e. The summed E-state index contributed by atoms with van der Waals surface area (Å²) in [5, 5.41) is 5.17. The number of thiazole rings is 1. The van der Waals surface area contributed by atoms with Crippen LogP contribution in [0.15, 0.2) is 76.2 Å². The minimum Gasteiger partial charge on any atom is -0.748 e. The number of nitrogens with zero attached hydrogens (tertiary/aromatic N) is 2. The van der Waals surface area contributed by atoms with E-state index in [4.69, 9.17) is 11.6 Å². The molecule has 2 heterocycles. The van der Waals surface area contributed by atoms with Crippen LogP contribution in [0.1, 0.15) is 31.7 Å². The van der Waals surface area contributed by atoms with Gasteiger partial charge in [0.1, 0.15) is 4.70 Å². The number of rotatable bonds is 8. The fourth-order valence-corrected chi connectivity index (χ4v) is 7.69. The predicted octanol–water partition coefficient (Wildman–Crippen LogP) is 7.20. The van der Waals surface area contributed by atoms with Crippen molar-refractivity contribution in [1.82, 2.24) is 0 Å². The van der Waals surface area contributed by atoms with Crippen LogP contribution in [0.2, 0.25) is 5.02 Å². The monoisotopic (exact) mass is 570 g/mol. The number of allylic oxidation sites excluding steroid dienone is 2. The number of hydrogen-bond donors (Lipinski definition) is 0. The number of thioether (sulfide) groups is 1. The maximum atomic E-state index is 11.3. The Hall–Kier alpha value is -2.36. The third-order valence-corrected chi connectivity index (χ3v) is 9.66. The fraction of sp³-hybridized carbons (Fsp3) is 0.250. The number of hydrogen-bond acceptors (Lipinski definition) is 6. The van der Waals surface area contributed by atoms with Gasteiger partial charge in [0.05, 0.1) is 26.2 Å². The highest BCUT2D eigenvalue weighted by Crippen LogP contribution is 2.47. The van der Waals surface area contributed by atoms with Gasteiger partial charge in [-0.25, -0.2) is 8.42 Å². The van der Waals surface area contributed by atoms with Crippen molar-refractivity contribution in [2.24, 2.45) is 0 Å². The van der Waals surface area contributed by atoms with Gasteiger partial charge >= 0.3 is 0 Å². The highest BCUT2D eigenvalue weighted by Gasteiger charge is 2.25. The normalized spacial score (nSPS) is 15.3. The summed E-state index contributed by atoms with van der Waals surface area (Å²) in [4.78, 5) is 3.47. The van der Waals surface area contributed by atoms with Gasteiger partial charge in [0, 0.05) is 34.7 Å². The molecule has 0 bridgehead atoms. The molecular formula is C28H27ClN2O3S3. The molecule has 192 valence electrons. The number of aromatic nitrogens is 1. The van der Waals surface area contributed by atoms with Crippen LogP contribution < -0.4 is 9.47 Å². The lowest BCUT2D eigenvalue weighted by Crippen LogP contribution is -2.36. The third kappa shape index (κ3) is 5.59. The molecule has 4 aromatic rings. The zero-order valence-electron chi connectivity index (χ0n) is 20.6. The van der Waals surface area contributed by atoms with Gasteiger partial charge in [-0.15, -0.1) is 0 Å². The van der Waals surface area contributed by atoms with Crippen LogP contribution in [0.25, 0.3) is 27.1 Å². The maximum absolute atomic E-state index is 11.3. The van der Waals surface area contributed by atoms with Gasteiger partial charge in [-0.2, -0.15) is 4.57 Å². The first kappa shape index (κ1) is 26.3. The lowest BCUT2D eigenvalue weighted by Gasteiger charge is -2.18. The van der Waals surface area contributed by atoms with E-state index >= 15 is 0 Å². The zero-order valence-corrected chi connectivity index (χ0v) is 23.8. The zero-order chi connectivity index (χ0) is 26.2. The van der Waals surface area contributed by atoms with Crippen molar-refractivity contribution < 1.29 is 17.5 Å². The van der Waals surface area contributed by atoms with Crippen molar-refractivity contribution in [1.29, 1.82) is 0 Å². The lowest BCUT2D eigenvalue weighted by molar-refractivity contribution is -0.667. The lowest BCUT2D eigenvalue weighted by atomic mass is 10.1. The first-order valence-corrected chi connectivity index (χ1v) is 15.8. The van der Waals surface area contributed by atoms with E-state index < -0.39 is 10.1 Å². The van der Waals surface area contributed by atoms with Gasteiger partial charge in [0.15, 0.2) is 6.54 Å². The SMILES string of the molecule is CCC(=C/c1sc2ccc3ccccc3c2[n+]1CCCS(=O)(=O)[O-])/C=C1\Sc2ccc(Cl)cc2N1CC. The Morgan fingerprint density at radius 1 is 1.14 bits per heavy atom. The molecule has 3 aromatic carbocycles. The van der Waals surface area contributed by atoms with E-state index in [0.29, 0.717) is 6.54 Å². The first-order chi connectivity index (χ1) is 17.8. The Kier molecular flexibility index (Phi) is 7.65. The van der Waals surface area contributed by atoms with Gasteiger partial charge in [-0.05, 0) is 60.7 Å². The summed E-state index contributed by atoms with van der Waals surface area (Å²) >= 11 is 9.70. The Morgan fingerprint density at radius 2 is 1.95 bits per heavy atom. The predicted molar refractivity (Wildman–Crippen MR) is 155 cm³/mol. The van der Waals surface area contributed by atoms with Crippen molar-refractivity contribution >= 4 is 77.6 Å². The van der Waals surface area contributed by atoms with Crippen molar-refractivity contribution in [2.75, 3.05) is 17.2 Å². The van der Waals surface area contributed by atoms with Crippen LogP contribution in [0.5, 0.6) is 0 Å². The quantitative estimate of drug-likeness (QED) is 0.166. The molecule has 0 amide bonds. The van der Waals surface area contributed by atoms with E-state index in [9.17, 15) is 13.0 Å². The topological polar surface area (TPSA) is 64.3 Å². The largest absolute Gasteiger partial charge is 0.748 e. The van der Waals surface area contributed by atoms with Crippen molar-refractivity contribution in [2.45, 2.75) is 38.1 Å². The van der Waals surface area contributed by atoms with Gasteiger partial charge in [-0.1, -0.05) is 65.9 Å². The number of anilines is 1. The summed E-state index contributed by atoms with van der Waals surface area (Å²) in [5.74, 6) is -0.376. The molecule has 0 atom stereocenters. The highest BCUT2D eigenvalue weighted by molar-refractivity contribution is 8.03. The third-order valence-electron chi connectivity index (χ3n) is 6.42. The van der Waals surface area contributed by atoms with Crippen LogP contribution in [0.3, 0.4) is 0 Å². The van der Waals surface area contributed by atoms with E-state index in [1.165, 1.54) is 10.5 Å². The van der Waals surface area contributed by atoms with E-state index in [1.807, 2.05) is 24.3 Å². The van der Waals surface area contributed by atoms with Gasteiger partial charge in [0.2, 0.25) is 5.52 Å². The average molecular weight is 571 g/mol. The van der Waals surface area contributed by atoms with Crippen LogP contribution in [0.4, 0.5) is 5.69 Å². The molecule has 0 radical (unpaired) electrons. The van der Waals surface area contributed by atoms with Crippen LogP contribution in [0, 0.1) is 0 Å². The van der Waals surface area contributed by atoms with Crippen molar-refractivity contribution in [3.05, 3.63) is 81.3 Å². The highest BCUT2D eigenvalue weighted by atomic mass is 35.5. The fourth-order valence-electron chi connectivity index (χ4n) is 4.67. The standard InChI is InChI=1S/C28H27ClN2O3S3/c1-3-19(16-26-30(4-2)23-18-21(29)11-13-24(23)35-26)17-27-31(14-7-15-37(32,33)34)28-22-9-6-5-8-20(22)10-12-25(28)36-27/h5-6,8-13,16-18H,3-4,7,14-15H2,1-2H3. The number of benzene rings is 3. The van der Waals surface area contributed by atoms with E-state index in [1.54, 1.807) is 23.1 Å². The van der Waals surface area contributed by atoms with Gasteiger partial charge in [0.25, 0.3) is 5.01 Å². The number of aryl methyl sites for hydroxylation is 1. The molecule has 0 saturated heterocycles. The average Bonchev–Trinajstić information content (AvgIpc) is 3.39. The van der Waals surface area contributed by atoms with Gasteiger partial charge in [-0.3, -0.25) is 0 Å². The summed E-state index contributed by atoms with van der Waals surface area (Å²) in [6, 6.07) is 18.5. The molecule has 1 aromatic heterocycles. The van der Waals surface area contributed by atoms with Crippen LogP contribution in [-0.4, -0.2) is 25.3 Å².